The minimum Gasteiger partial charge on any atom is -0.463 e. The summed E-state index contributed by atoms with van der Waals surface area (Å²) >= 11 is 8.61. The summed E-state index contributed by atoms with van der Waals surface area (Å²) in [7, 11) is 0. The Bertz CT molecular complexity index is 2420. The highest BCUT2D eigenvalue weighted by Gasteiger charge is 2.34. The molecule has 3 aromatic carbocycles. The van der Waals surface area contributed by atoms with E-state index in [4.69, 9.17) is 25.8 Å². The number of hydrogen-bond donors (Lipinski definition) is 0. The highest BCUT2D eigenvalue weighted by Crippen LogP contribution is 2.39. The maximum Gasteiger partial charge on any atom is 0.338 e. The van der Waals surface area contributed by atoms with Gasteiger partial charge in [-0.15, -0.1) is 10.2 Å². The predicted molar refractivity (Wildman–Crippen MR) is 186 cm³/mol. The van der Waals surface area contributed by atoms with E-state index in [1.54, 1.807) is 56.3 Å². The number of benzene rings is 3. The van der Waals surface area contributed by atoms with Gasteiger partial charge in [-0.05, 0) is 80.1 Å². The highest BCUT2D eigenvalue weighted by molar-refractivity contribution is 7.99. The second-order valence-electron chi connectivity index (χ2n) is 11.1. The first kappa shape index (κ1) is 33.3. The SMILES string of the molecule is CCOC(=O)C1=C(C)N=c2s/c(=C/c3cc([N+](=O)[O-])ccc3Sc3nnc(-c4cccc(Cl)c4)n3CC)c(=O)n2[C@@H]1c1ccc2c(c1)OCO2. The average Bonchev–Trinajstić information content (AvgIpc) is 3.81. The molecule has 0 aliphatic carbocycles. The second kappa shape index (κ2) is 13.6. The number of hydrogen-bond acceptors (Lipinski definition) is 12. The van der Waals surface area contributed by atoms with E-state index in [-0.39, 0.29) is 29.2 Å². The molecule has 0 saturated carbocycles. The summed E-state index contributed by atoms with van der Waals surface area (Å²) in [6.07, 6.45) is 1.60. The second-order valence-corrected chi connectivity index (χ2v) is 13.5. The lowest BCUT2D eigenvalue weighted by Crippen LogP contribution is -2.39. The molecule has 0 N–H and O–H groups in total. The first-order valence-corrected chi connectivity index (χ1v) is 17.4. The number of nitro groups is 1. The van der Waals surface area contributed by atoms with Crippen LogP contribution in [0.25, 0.3) is 17.5 Å². The molecule has 2 aliphatic rings. The van der Waals surface area contributed by atoms with Crippen LogP contribution in [0.4, 0.5) is 5.69 Å². The molecule has 5 aromatic rings. The van der Waals surface area contributed by atoms with Gasteiger partial charge in [-0.1, -0.05) is 41.1 Å². The van der Waals surface area contributed by atoms with E-state index in [0.29, 0.717) is 60.6 Å². The lowest BCUT2D eigenvalue weighted by Gasteiger charge is -2.24. The van der Waals surface area contributed by atoms with Crippen LogP contribution in [0, 0.1) is 10.1 Å². The zero-order valence-corrected chi connectivity index (χ0v) is 29.2. The third kappa shape index (κ3) is 6.08. The van der Waals surface area contributed by atoms with Crippen molar-refractivity contribution in [3.8, 4) is 22.9 Å². The molecule has 4 heterocycles. The van der Waals surface area contributed by atoms with Crippen LogP contribution in [0.1, 0.15) is 37.9 Å². The van der Waals surface area contributed by atoms with Gasteiger partial charge >= 0.3 is 5.97 Å². The van der Waals surface area contributed by atoms with E-state index < -0.39 is 22.5 Å². The summed E-state index contributed by atoms with van der Waals surface area (Å²) in [4.78, 5) is 44.6. The van der Waals surface area contributed by atoms with Crippen molar-refractivity contribution < 1.29 is 23.9 Å². The Kier molecular flexibility index (Phi) is 9.03. The molecule has 2 aliphatic heterocycles. The van der Waals surface area contributed by atoms with E-state index in [1.807, 2.05) is 23.6 Å². The molecule has 0 saturated heterocycles. The summed E-state index contributed by atoms with van der Waals surface area (Å²) in [5.74, 6) is 1.05. The van der Waals surface area contributed by atoms with E-state index in [9.17, 15) is 19.7 Å². The minimum absolute atomic E-state index is 0.0567. The molecule has 2 aromatic heterocycles. The van der Waals surface area contributed by atoms with Gasteiger partial charge in [-0.3, -0.25) is 19.5 Å². The van der Waals surface area contributed by atoms with Gasteiger partial charge in [0.25, 0.3) is 11.2 Å². The van der Waals surface area contributed by atoms with Gasteiger partial charge in [0.15, 0.2) is 27.3 Å². The molecule has 7 rings (SSSR count). The third-order valence-electron chi connectivity index (χ3n) is 8.04. The molecule has 0 bridgehead atoms. The van der Waals surface area contributed by atoms with Crippen LogP contribution in [0.15, 0.2) is 91.8 Å². The van der Waals surface area contributed by atoms with Crippen LogP contribution in [-0.4, -0.2) is 43.6 Å². The summed E-state index contributed by atoms with van der Waals surface area (Å²) in [6, 6.07) is 16.1. The first-order valence-electron chi connectivity index (χ1n) is 15.4. The number of rotatable bonds is 9. The Morgan fingerprint density at radius 1 is 1.14 bits per heavy atom. The van der Waals surface area contributed by atoms with E-state index >= 15 is 0 Å². The molecule has 50 heavy (non-hydrogen) atoms. The fourth-order valence-electron chi connectivity index (χ4n) is 5.78. The van der Waals surface area contributed by atoms with Gasteiger partial charge < -0.3 is 18.8 Å². The number of esters is 1. The standard InChI is InChI=1S/C34H27ClN6O7S2/c1-4-39-30(20-7-6-8-22(35)13-20)37-38-34(39)49-26-12-10-23(41(44)45)14-21(26)16-27-31(42)40-29(19-9-11-24-25(15-19)48-17-47-24)28(32(43)46-5-2)18(3)36-33(40)50-27/h6-16,29H,4-5,17H2,1-3H3/b27-16+/t29-/m1/s1. The maximum absolute atomic E-state index is 14.3. The van der Waals surface area contributed by atoms with Crippen molar-refractivity contribution in [2.45, 2.75) is 43.4 Å². The number of halogens is 1. The Hall–Kier alpha value is -5.25. The molecule has 0 radical (unpaired) electrons. The summed E-state index contributed by atoms with van der Waals surface area (Å²) in [6.45, 7) is 6.09. The first-order chi connectivity index (χ1) is 24.2. The van der Waals surface area contributed by atoms with Crippen LogP contribution < -0.4 is 24.4 Å². The average molecular weight is 731 g/mol. The topological polar surface area (TPSA) is 153 Å². The molecule has 254 valence electrons. The van der Waals surface area contributed by atoms with Gasteiger partial charge in [0.2, 0.25) is 6.79 Å². The lowest BCUT2D eigenvalue weighted by molar-refractivity contribution is -0.384. The summed E-state index contributed by atoms with van der Waals surface area (Å²) < 4.78 is 20.1. The minimum atomic E-state index is -0.881. The number of non-ortho nitro benzene ring substituents is 1. The van der Waals surface area contributed by atoms with E-state index in [1.165, 1.54) is 28.5 Å². The number of aromatic nitrogens is 4. The zero-order chi connectivity index (χ0) is 35.1. The normalized spacial score (nSPS) is 15.2. The molecule has 13 nitrogen and oxygen atoms in total. The molecule has 16 heteroatoms. The molecule has 0 amide bonds. The van der Waals surface area contributed by atoms with Crippen molar-refractivity contribution in [2.75, 3.05) is 13.4 Å². The zero-order valence-electron chi connectivity index (χ0n) is 26.8. The number of carbonyl (C=O) groups is 1. The molecule has 0 fully saturated rings. The molecular weight excluding hydrogens is 704 g/mol. The van der Waals surface area contributed by atoms with Crippen molar-refractivity contribution >= 4 is 52.4 Å². The Morgan fingerprint density at radius 2 is 1.96 bits per heavy atom. The maximum atomic E-state index is 14.3. The largest absolute Gasteiger partial charge is 0.463 e. The van der Waals surface area contributed by atoms with Gasteiger partial charge in [0.1, 0.15) is 0 Å². The monoisotopic (exact) mass is 730 g/mol. The fourth-order valence-corrected chi connectivity index (χ4v) is 7.98. The van der Waals surface area contributed by atoms with Crippen LogP contribution in [0.2, 0.25) is 5.02 Å². The van der Waals surface area contributed by atoms with Gasteiger partial charge in [0.05, 0.1) is 33.4 Å². The Morgan fingerprint density at radius 3 is 2.72 bits per heavy atom. The van der Waals surface area contributed by atoms with Crippen molar-refractivity contribution in [3.05, 3.63) is 118 Å². The van der Waals surface area contributed by atoms with Crippen LogP contribution in [-0.2, 0) is 16.1 Å². The molecule has 0 spiro atoms. The number of nitro benzene ring substituents is 1. The highest BCUT2D eigenvalue weighted by atomic mass is 35.5. The molecule has 1 atom stereocenters. The number of allylic oxidation sites excluding steroid dienone is 1. The van der Waals surface area contributed by atoms with Crippen LogP contribution in [0.5, 0.6) is 11.5 Å². The smallest absolute Gasteiger partial charge is 0.338 e. The summed E-state index contributed by atoms with van der Waals surface area (Å²) in [5.41, 5.74) is 1.84. The number of thiazole rings is 1. The third-order valence-corrected chi connectivity index (χ3v) is 10.3. The van der Waals surface area contributed by atoms with E-state index in [2.05, 4.69) is 15.2 Å². The van der Waals surface area contributed by atoms with Crippen molar-refractivity contribution in [2.24, 2.45) is 4.99 Å². The van der Waals surface area contributed by atoms with Crippen molar-refractivity contribution in [3.63, 3.8) is 0 Å². The van der Waals surface area contributed by atoms with Gasteiger partial charge in [-0.25, -0.2) is 9.79 Å². The lowest BCUT2D eigenvalue weighted by atomic mass is 9.95. The Balaban J connectivity index is 1.36. The number of ether oxygens (including phenoxy) is 3. The fraction of sp³-hybridized carbons (Fsp3) is 0.206. The quantitative estimate of drug-likeness (QED) is 0.108. The summed E-state index contributed by atoms with van der Waals surface area (Å²) in [5, 5.41) is 21.8. The van der Waals surface area contributed by atoms with Crippen LogP contribution in [0.3, 0.4) is 0 Å². The molecular formula is C34H27ClN6O7S2. The number of nitrogens with zero attached hydrogens (tertiary/aromatic N) is 6. The van der Waals surface area contributed by atoms with Gasteiger partial charge in [-0.2, -0.15) is 0 Å². The molecule has 0 unspecified atom stereocenters. The number of fused-ring (bicyclic) bond motifs is 2. The van der Waals surface area contributed by atoms with Crippen molar-refractivity contribution in [1.82, 2.24) is 19.3 Å². The number of carbonyl (C=O) groups excluding carboxylic acids is 1. The van der Waals surface area contributed by atoms with Crippen LogP contribution >= 0.6 is 34.7 Å². The van der Waals surface area contributed by atoms with E-state index in [0.717, 1.165) is 16.9 Å². The Labute approximate surface area is 297 Å². The van der Waals surface area contributed by atoms with Crippen molar-refractivity contribution in [1.29, 1.82) is 0 Å². The predicted octanol–water partition coefficient (Wildman–Crippen LogP) is 5.52. The van der Waals surface area contributed by atoms with Gasteiger partial charge in [0, 0.05) is 34.2 Å².